The molecule has 0 aromatic heterocycles. The number of ether oxygens (including phenoxy) is 2. The van der Waals surface area contributed by atoms with Crippen molar-refractivity contribution >= 4 is 11.6 Å². The molecule has 28 heavy (non-hydrogen) atoms. The summed E-state index contributed by atoms with van der Waals surface area (Å²) in [5.74, 6) is 1.08. The molecule has 0 aliphatic carbocycles. The predicted molar refractivity (Wildman–Crippen MR) is 111 cm³/mol. The highest BCUT2D eigenvalue weighted by Gasteiger charge is 2.04. The summed E-state index contributed by atoms with van der Waals surface area (Å²) in [6, 6.07) is 25.2. The van der Waals surface area contributed by atoms with Crippen molar-refractivity contribution in [2.75, 3.05) is 13.7 Å². The standard InChI is InChI=1S/C23H22N2O3/c1-17(18-8-12-21(27-2)13-9-18)24-25-23(26)16-28-22-14-10-20(11-15-22)19-6-4-3-5-7-19/h3-15H,16H2,1-2H3,(H,25,26)/b24-17+. The van der Waals surface area contributed by atoms with E-state index in [1.165, 1.54) is 0 Å². The van der Waals surface area contributed by atoms with E-state index in [0.29, 0.717) is 11.5 Å². The highest BCUT2D eigenvalue weighted by Crippen LogP contribution is 2.22. The number of carbonyl (C=O) groups is 1. The van der Waals surface area contributed by atoms with Crippen molar-refractivity contribution in [3.63, 3.8) is 0 Å². The van der Waals surface area contributed by atoms with Gasteiger partial charge in [0.25, 0.3) is 5.91 Å². The molecule has 0 aliphatic rings. The molecule has 0 saturated heterocycles. The first-order chi connectivity index (χ1) is 13.7. The van der Waals surface area contributed by atoms with Gasteiger partial charge in [-0.05, 0) is 60.0 Å². The Morgan fingerprint density at radius 3 is 2.11 bits per heavy atom. The Balaban J connectivity index is 1.51. The van der Waals surface area contributed by atoms with Gasteiger partial charge in [0.2, 0.25) is 0 Å². The zero-order valence-electron chi connectivity index (χ0n) is 15.9. The summed E-state index contributed by atoms with van der Waals surface area (Å²) in [4.78, 5) is 12.0. The van der Waals surface area contributed by atoms with Crippen LogP contribution in [0.5, 0.6) is 11.5 Å². The van der Waals surface area contributed by atoms with Gasteiger partial charge in [-0.15, -0.1) is 0 Å². The van der Waals surface area contributed by atoms with Gasteiger partial charge >= 0.3 is 0 Å². The predicted octanol–water partition coefficient (Wildman–Crippen LogP) is 4.28. The fourth-order valence-electron chi connectivity index (χ4n) is 2.60. The van der Waals surface area contributed by atoms with Crippen LogP contribution in [0.2, 0.25) is 0 Å². The lowest BCUT2D eigenvalue weighted by atomic mass is 10.1. The molecule has 0 radical (unpaired) electrons. The highest BCUT2D eigenvalue weighted by atomic mass is 16.5. The summed E-state index contributed by atoms with van der Waals surface area (Å²) in [5, 5.41) is 4.11. The Morgan fingerprint density at radius 1 is 0.857 bits per heavy atom. The van der Waals surface area contributed by atoms with E-state index in [2.05, 4.69) is 10.5 Å². The van der Waals surface area contributed by atoms with Crippen LogP contribution in [0.4, 0.5) is 0 Å². The molecule has 5 nitrogen and oxygen atoms in total. The van der Waals surface area contributed by atoms with Crippen LogP contribution in [-0.2, 0) is 4.79 Å². The molecule has 0 heterocycles. The first-order valence-electron chi connectivity index (χ1n) is 8.91. The second kappa shape index (κ2) is 9.37. The zero-order valence-corrected chi connectivity index (χ0v) is 15.9. The fourth-order valence-corrected chi connectivity index (χ4v) is 2.60. The average molecular weight is 374 g/mol. The van der Waals surface area contributed by atoms with Crippen LogP contribution in [0.1, 0.15) is 12.5 Å². The van der Waals surface area contributed by atoms with Gasteiger partial charge < -0.3 is 9.47 Å². The molecule has 1 amide bonds. The van der Waals surface area contributed by atoms with E-state index in [-0.39, 0.29) is 12.5 Å². The van der Waals surface area contributed by atoms with Gasteiger partial charge in [0.05, 0.1) is 12.8 Å². The number of methoxy groups -OCH3 is 1. The molecule has 3 aromatic carbocycles. The zero-order chi connectivity index (χ0) is 19.8. The summed E-state index contributed by atoms with van der Waals surface area (Å²) in [7, 11) is 1.62. The maximum absolute atomic E-state index is 12.0. The van der Waals surface area contributed by atoms with Crippen LogP contribution in [0.15, 0.2) is 84.0 Å². The molecule has 0 bridgehead atoms. The second-order valence-electron chi connectivity index (χ2n) is 6.14. The van der Waals surface area contributed by atoms with E-state index < -0.39 is 0 Å². The van der Waals surface area contributed by atoms with E-state index in [0.717, 1.165) is 22.4 Å². The highest BCUT2D eigenvalue weighted by molar-refractivity contribution is 5.99. The minimum atomic E-state index is -0.319. The van der Waals surface area contributed by atoms with Crippen LogP contribution in [0.3, 0.4) is 0 Å². The number of amides is 1. The maximum atomic E-state index is 12.0. The van der Waals surface area contributed by atoms with Crippen molar-refractivity contribution in [3.05, 3.63) is 84.4 Å². The monoisotopic (exact) mass is 374 g/mol. The molecule has 0 fully saturated rings. The quantitative estimate of drug-likeness (QED) is 0.496. The number of rotatable bonds is 7. The number of hydrogen-bond donors (Lipinski definition) is 1. The van der Waals surface area contributed by atoms with Crippen molar-refractivity contribution in [3.8, 4) is 22.6 Å². The van der Waals surface area contributed by atoms with Crippen LogP contribution < -0.4 is 14.9 Å². The van der Waals surface area contributed by atoms with Gasteiger partial charge in [0.15, 0.2) is 6.61 Å². The van der Waals surface area contributed by atoms with E-state index in [9.17, 15) is 4.79 Å². The Hall–Kier alpha value is -3.60. The van der Waals surface area contributed by atoms with Gasteiger partial charge in [-0.1, -0.05) is 42.5 Å². The van der Waals surface area contributed by atoms with E-state index in [1.54, 1.807) is 7.11 Å². The number of nitrogens with one attached hydrogen (secondary N) is 1. The summed E-state index contributed by atoms with van der Waals surface area (Å²) < 4.78 is 10.7. The van der Waals surface area contributed by atoms with Crippen LogP contribution in [0.25, 0.3) is 11.1 Å². The van der Waals surface area contributed by atoms with Gasteiger partial charge in [0.1, 0.15) is 11.5 Å². The minimum Gasteiger partial charge on any atom is -0.497 e. The Kier molecular flexibility index (Phi) is 6.41. The van der Waals surface area contributed by atoms with Crippen molar-refractivity contribution in [1.29, 1.82) is 0 Å². The van der Waals surface area contributed by atoms with E-state index >= 15 is 0 Å². The van der Waals surface area contributed by atoms with Crippen LogP contribution in [-0.4, -0.2) is 25.3 Å². The minimum absolute atomic E-state index is 0.107. The number of nitrogens with zero attached hydrogens (tertiary/aromatic N) is 1. The largest absolute Gasteiger partial charge is 0.497 e. The molecule has 3 rings (SSSR count). The summed E-state index contributed by atoms with van der Waals surface area (Å²) in [6.07, 6.45) is 0. The first kappa shape index (κ1) is 19.2. The summed E-state index contributed by atoms with van der Waals surface area (Å²) >= 11 is 0. The van der Waals surface area contributed by atoms with Gasteiger partial charge in [0, 0.05) is 0 Å². The topological polar surface area (TPSA) is 59.9 Å². The van der Waals surface area contributed by atoms with Crippen molar-refractivity contribution in [2.45, 2.75) is 6.92 Å². The average Bonchev–Trinajstić information content (AvgIpc) is 2.77. The third-order valence-corrected chi connectivity index (χ3v) is 4.19. The van der Waals surface area contributed by atoms with E-state index in [4.69, 9.17) is 9.47 Å². The van der Waals surface area contributed by atoms with Gasteiger partial charge in [-0.3, -0.25) is 4.79 Å². The van der Waals surface area contributed by atoms with Crippen molar-refractivity contribution in [2.24, 2.45) is 5.10 Å². The third kappa shape index (κ3) is 5.20. The maximum Gasteiger partial charge on any atom is 0.277 e. The molecule has 3 aromatic rings. The Bertz CT molecular complexity index is 934. The van der Waals surface area contributed by atoms with E-state index in [1.807, 2.05) is 85.8 Å². The molecule has 0 aliphatic heterocycles. The van der Waals surface area contributed by atoms with Crippen molar-refractivity contribution < 1.29 is 14.3 Å². The van der Waals surface area contributed by atoms with Crippen molar-refractivity contribution in [1.82, 2.24) is 5.43 Å². The molecule has 5 heteroatoms. The SMILES string of the molecule is COc1ccc(/C(C)=N/NC(=O)COc2ccc(-c3ccccc3)cc2)cc1. The van der Waals surface area contributed by atoms with Gasteiger partial charge in [-0.2, -0.15) is 5.10 Å². The summed E-state index contributed by atoms with van der Waals surface area (Å²) in [6.45, 7) is 1.72. The molecular formula is C23H22N2O3. The molecule has 0 atom stereocenters. The van der Waals surface area contributed by atoms with Crippen LogP contribution >= 0.6 is 0 Å². The smallest absolute Gasteiger partial charge is 0.277 e. The second-order valence-corrected chi connectivity index (χ2v) is 6.14. The first-order valence-corrected chi connectivity index (χ1v) is 8.91. The Labute approximate surface area is 164 Å². The lowest BCUT2D eigenvalue weighted by molar-refractivity contribution is -0.123. The molecule has 1 N–H and O–H groups in total. The normalized spacial score (nSPS) is 11.0. The lowest BCUT2D eigenvalue weighted by Crippen LogP contribution is -2.25. The summed E-state index contributed by atoms with van der Waals surface area (Å²) in [5.41, 5.74) is 6.34. The third-order valence-electron chi connectivity index (χ3n) is 4.19. The number of hydrazone groups is 1. The Morgan fingerprint density at radius 2 is 1.46 bits per heavy atom. The lowest BCUT2D eigenvalue weighted by Gasteiger charge is -2.07. The molecular weight excluding hydrogens is 352 g/mol. The molecule has 142 valence electrons. The number of hydrogen-bond acceptors (Lipinski definition) is 4. The molecule has 0 spiro atoms. The van der Waals surface area contributed by atoms with Crippen LogP contribution in [0, 0.1) is 0 Å². The molecule has 0 saturated carbocycles. The fraction of sp³-hybridized carbons (Fsp3) is 0.130. The number of carbonyl (C=O) groups excluding carboxylic acids is 1. The number of benzene rings is 3. The van der Waals surface area contributed by atoms with Gasteiger partial charge in [-0.25, -0.2) is 5.43 Å². The molecule has 0 unspecified atom stereocenters.